The second-order valence-corrected chi connectivity index (χ2v) is 7.90. The maximum absolute atomic E-state index is 12.3. The number of thiazole rings is 1. The number of carbonyl (C=O) groups excluding carboxylic acids is 1. The van der Waals surface area contributed by atoms with E-state index in [1.54, 1.807) is 5.38 Å². The van der Waals surface area contributed by atoms with E-state index < -0.39 is 22.5 Å². The zero-order chi connectivity index (χ0) is 20.1. The Kier molecular flexibility index (Phi) is 5.85. The van der Waals surface area contributed by atoms with Crippen molar-refractivity contribution in [3.8, 4) is 5.75 Å². The minimum atomic E-state index is -3.79. The lowest BCUT2D eigenvalue weighted by Crippen LogP contribution is -2.14. The fourth-order valence-electron chi connectivity index (χ4n) is 2.16. The van der Waals surface area contributed by atoms with Gasteiger partial charge in [-0.1, -0.05) is 0 Å². The molecular formula is C17H13F2N3O4S2. The molecule has 28 heavy (non-hydrogen) atoms. The van der Waals surface area contributed by atoms with Crippen LogP contribution in [0.3, 0.4) is 0 Å². The standard InChI is InChI=1S/C17H13F2N3O4S2/c18-16(19)26-13-5-1-11(2-6-13)15(23)21-12-3-7-14(8-4-12)28(24,25)22-17-20-9-10-27-17/h1-10,16H,(H,20,22)(H,21,23). The van der Waals surface area contributed by atoms with Crippen LogP contribution in [0, 0.1) is 0 Å². The highest BCUT2D eigenvalue weighted by Gasteiger charge is 2.16. The number of amides is 1. The molecule has 0 radical (unpaired) electrons. The Morgan fingerprint density at radius 1 is 1.07 bits per heavy atom. The second kappa shape index (κ2) is 8.31. The third-order valence-corrected chi connectivity index (χ3v) is 5.59. The van der Waals surface area contributed by atoms with Crippen molar-refractivity contribution >= 4 is 38.1 Å². The Bertz CT molecular complexity index is 1040. The van der Waals surface area contributed by atoms with Gasteiger partial charge in [0.05, 0.1) is 4.90 Å². The van der Waals surface area contributed by atoms with Crippen LogP contribution in [-0.4, -0.2) is 25.9 Å². The lowest BCUT2D eigenvalue weighted by molar-refractivity contribution is -0.0498. The van der Waals surface area contributed by atoms with Crippen molar-refractivity contribution in [1.29, 1.82) is 0 Å². The third kappa shape index (κ3) is 5.02. The predicted molar refractivity (Wildman–Crippen MR) is 100 cm³/mol. The van der Waals surface area contributed by atoms with Gasteiger partial charge in [-0.25, -0.2) is 13.4 Å². The summed E-state index contributed by atoms with van der Waals surface area (Å²) in [5.74, 6) is -0.547. The number of anilines is 2. The predicted octanol–water partition coefficient (Wildman–Crippen LogP) is 3.80. The van der Waals surface area contributed by atoms with Gasteiger partial charge in [-0.15, -0.1) is 11.3 Å². The summed E-state index contributed by atoms with van der Waals surface area (Å²) in [6.07, 6.45) is 1.48. The summed E-state index contributed by atoms with van der Waals surface area (Å²) in [6, 6.07) is 10.7. The average molecular weight is 425 g/mol. The summed E-state index contributed by atoms with van der Waals surface area (Å²) >= 11 is 1.15. The van der Waals surface area contributed by atoms with Crippen molar-refractivity contribution in [3.05, 3.63) is 65.7 Å². The molecule has 11 heteroatoms. The lowest BCUT2D eigenvalue weighted by Gasteiger charge is -2.09. The molecule has 0 aliphatic heterocycles. The van der Waals surface area contributed by atoms with Gasteiger partial charge in [-0.05, 0) is 48.5 Å². The van der Waals surface area contributed by atoms with E-state index in [9.17, 15) is 22.0 Å². The van der Waals surface area contributed by atoms with Crippen molar-refractivity contribution in [1.82, 2.24) is 4.98 Å². The lowest BCUT2D eigenvalue weighted by atomic mass is 10.2. The summed E-state index contributed by atoms with van der Waals surface area (Å²) in [5.41, 5.74) is 0.592. The molecule has 3 aromatic rings. The third-order valence-electron chi connectivity index (χ3n) is 3.42. The summed E-state index contributed by atoms with van der Waals surface area (Å²) in [5, 5.41) is 4.48. The van der Waals surface area contributed by atoms with Crippen molar-refractivity contribution < 1.29 is 26.7 Å². The van der Waals surface area contributed by atoms with Crippen LogP contribution in [0.2, 0.25) is 0 Å². The first kappa shape index (κ1) is 19.7. The molecule has 0 fully saturated rings. The van der Waals surface area contributed by atoms with Crippen LogP contribution >= 0.6 is 11.3 Å². The first-order valence-corrected chi connectivity index (χ1v) is 10.1. The SMILES string of the molecule is O=C(Nc1ccc(S(=O)(=O)Nc2nccs2)cc1)c1ccc(OC(F)F)cc1. The molecule has 146 valence electrons. The highest BCUT2D eigenvalue weighted by molar-refractivity contribution is 7.93. The molecule has 0 saturated heterocycles. The van der Waals surface area contributed by atoms with Gasteiger partial charge in [-0.3, -0.25) is 9.52 Å². The smallest absolute Gasteiger partial charge is 0.387 e. The number of halogens is 2. The minimum absolute atomic E-state index is 0.00852. The Morgan fingerprint density at radius 2 is 1.75 bits per heavy atom. The van der Waals surface area contributed by atoms with Gasteiger partial charge in [0.1, 0.15) is 5.75 Å². The van der Waals surface area contributed by atoms with Gasteiger partial charge >= 0.3 is 6.61 Å². The van der Waals surface area contributed by atoms with Crippen LogP contribution in [0.4, 0.5) is 19.6 Å². The number of hydrogen-bond donors (Lipinski definition) is 2. The van der Waals surface area contributed by atoms with Crippen molar-refractivity contribution in [2.24, 2.45) is 0 Å². The van der Waals surface area contributed by atoms with Crippen molar-refractivity contribution in [2.45, 2.75) is 11.5 Å². The molecule has 1 heterocycles. The maximum atomic E-state index is 12.3. The van der Waals surface area contributed by atoms with E-state index in [0.717, 1.165) is 11.3 Å². The Labute approximate surface area is 163 Å². The summed E-state index contributed by atoms with van der Waals surface area (Å²) in [6.45, 7) is -2.94. The van der Waals surface area contributed by atoms with Crippen molar-refractivity contribution in [2.75, 3.05) is 10.0 Å². The van der Waals surface area contributed by atoms with Gasteiger partial charge in [0, 0.05) is 22.8 Å². The Morgan fingerprint density at radius 3 is 2.32 bits per heavy atom. The van der Waals surface area contributed by atoms with Crippen LogP contribution in [0.15, 0.2) is 65.0 Å². The molecule has 0 bridgehead atoms. The summed E-state index contributed by atoms with van der Waals surface area (Å²) in [4.78, 5) is 16.1. The Balaban J connectivity index is 1.66. The number of rotatable bonds is 7. The number of nitrogens with zero attached hydrogens (tertiary/aromatic N) is 1. The number of nitrogens with one attached hydrogen (secondary N) is 2. The Hall–Kier alpha value is -3.05. The highest BCUT2D eigenvalue weighted by Crippen LogP contribution is 2.20. The molecule has 0 aliphatic carbocycles. The zero-order valence-corrected chi connectivity index (χ0v) is 15.6. The summed E-state index contributed by atoms with van der Waals surface area (Å²) < 4.78 is 55.4. The van der Waals surface area contributed by atoms with E-state index in [4.69, 9.17) is 0 Å². The molecule has 0 spiro atoms. The minimum Gasteiger partial charge on any atom is -0.435 e. The van der Waals surface area contributed by atoms with Gasteiger partial charge in [0.2, 0.25) is 0 Å². The molecule has 0 saturated carbocycles. The molecule has 0 atom stereocenters. The molecule has 0 aliphatic rings. The average Bonchev–Trinajstić information content (AvgIpc) is 3.14. The number of benzene rings is 2. The molecule has 1 aromatic heterocycles. The van der Waals surface area contributed by atoms with Crippen LogP contribution in [0.25, 0.3) is 0 Å². The van der Waals surface area contributed by atoms with E-state index in [2.05, 4.69) is 19.8 Å². The molecule has 3 rings (SSSR count). The zero-order valence-electron chi connectivity index (χ0n) is 14.0. The number of carbonyl (C=O) groups is 1. The van der Waals surface area contributed by atoms with Crippen LogP contribution in [0.5, 0.6) is 5.75 Å². The first-order chi connectivity index (χ1) is 13.3. The van der Waals surface area contributed by atoms with Gasteiger partial charge in [0.25, 0.3) is 15.9 Å². The molecule has 2 N–H and O–H groups in total. The quantitative estimate of drug-likeness (QED) is 0.600. The van der Waals surface area contributed by atoms with Crippen LogP contribution in [0.1, 0.15) is 10.4 Å². The fraction of sp³-hybridized carbons (Fsp3) is 0.0588. The van der Waals surface area contributed by atoms with E-state index in [1.165, 1.54) is 54.7 Å². The second-order valence-electron chi connectivity index (χ2n) is 5.32. The highest BCUT2D eigenvalue weighted by atomic mass is 32.2. The number of sulfonamides is 1. The molecule has 2 aromatic carbocycles. The van der Waals surface area contributed by atoms with E-state index in [1.807, 2.05) is 0 Å². The van der Waals surface area contributed by atoms with E-state index >= 15 is 0 Å². The first-order valence-electron chi connectivity index (χ1n) is 7.72. The largest absolute Gasteiger partial charge is 0.435 e. The van der Waals surface area contributed by atoms with E-state index in [0.29, 0.717) is 5.69 Å². The van der Waals surface area contributed by atoms with Gasteiger partial charge in [-0.2, -0.15) is 8.78 Å². The number of alkyl halides is 2. The van der Waals surface area contributed by atoms with Crippen molar-refractivity contribution in [3.63, 3.8) is 0 Å². The normalized spacial score (nSPS) is 11.2. The van der Waals surface area contributed by atoms with E-state index in [-0.39, 0.29) is 21.3 Å². The molecule has 7 nitrogen and oxygen atoms in total. The van der Waals surface area contributed by atoms with Gasteiger partial charge in [0.15, 0.2) is 5.13 Å². The monoisotopic (exact) mass is 425 g/mol. The topological polar surface area (TPSA) is 97.4 Å². The number of ether oxygens (including phenoxy) is 1. The maximum Gasteiger partial charge on any atom is 0.387 e. The number of hydrogen-bond acceptors (Lipinski definition) is 6. The van der Waals surface area contributed by atoms with Crippen LogP contribution in [-0.2, 0) is 10.0 Å². The fourth-order valence-corrected chi connectivity index (χ4v) is 3.94. The van der Waals surface area contributed by atoms with Crippen LogP contribution < -0.4 is 14.8 Å². The molecular weight excluding hydrogens is 412 g/mol. The van der Waals surface area contributed by atoms with Gasteiger partial charge < -0.3 is 10.1 Å². The molecule has 0 unspecified atom stereocenters. The number of aromatic nitrogens is 1. The summed E-state index contributed by atoms with van der Waals surface area (Å²) in [7, 11) is -3.79. The molecule has 1 amide bonds.